The van der Waals surface area contributed by atoms with Crippen molar-refractivity contribution in [3.8, 4) is 11.3 Å². The average Bonchev–Trinajstić information content (AvgIpc) is 3.06. The highest BCUT2D eigenvalue weighted by Crippen LogP contribution is 2.26. The summed E-state index contributed by atoms with van der Waals surface area (Å²) in [6.45, 7) is 0.274. The molecule has 6 heteroatoms. The molecule has 1 aromatic carbocycles. The van der Waals surface area contributed by atoms with Gasteiger partial charge in [0.2, 0.25) is 6.10 Å². The van der Waals surface area contributed by atoms with E-state index in [1.807, 2.05) is 36.4 Å². The van der Waals surface area contributed by atoms with Gasteiger partial charge in [0.15, 0.2) is 0 Å². The van der Waals surface area contributed by atoms with E-state index in [1.54, 1.807) is 18.5 Å². The molecule has 3 heterocycles. The molecule has 0 amide bonds. The van der Waals surface area contributed by atoms with Crippen LogP contribution in [0.2, 0.25) is 0 Å². The van der Waals surface area contributed by atoms with E-state index in [9.17, 15) is 9.59 Å². The standard InChI is InChI=1S/C19H14N2O4/c22-18(25-17-7-10-24-19(17)23)14-11-16(12-5-8-20-9-6-12)21-15-4-2-1-3-13(14)15/h1-6,8-9,11,17H,7,10H2. The summed E-state index contributed by atoms with van der Waals surface area (Å²) in [5.74, 6) is -1.06. The SMILES string of the molecule is O=C(OC1CCOC1=O)c1cc(-c2ccncc2)nc2ccccc12. The minimum Gasteiger partial charge on any atom is -0.463 e. The quantitative estimate of drug-likeness (QED) is 0.685. The van der Waals surface area contributed by atoms with E-state index in [2.05, 4.69) is 9.97 Å². The molecule has 1 aliphatic rings. The third kappa shape index (κ3) is 2.94. The fraction of sp³-hybridized carbons (Fsp3) is 0.158. The van der Waals surface area contributed by atoms with Crippen LogP contribution in [-0.4, -0.2) is 34.6 Å². The van der Waals surface area contributed by atoms with Crippen molar-refractivity contribution in [2.75, 3.05) is 6.61 Å². The number of esters is 2. The van der Waals surface area contributed by atoms with Gasteiger partial charge in [0, 0.05) is 29.8 Å². The molecule has 25 heavy (non-hydrogen) atoms. The minimum atomic E-state index is -0.844. The van der Waals surface area contributed by atoms with Gasteiger partial charge in [0.1, 0.15) is 0 Å². The van der Waals surface area contributed by atoms with Crippen molar-refractivity contribution in [3.63, 3.8) is 0 Å². The molecule has 1 atom stereocenters. The monoisotopic (exact) mass is 334 g/mol. The fourth-order valence-electron chi connectivity index (χ4n) is 2.79. The van der Waals surface area contributed by atoms with E-state index in [4.69, 9.17) is 9.47 Å². The molecular weight excluding hydrogens is 320 g/mol. The summed E-state index contributed by atoms with van der Waals surface area (Å²) in [4.78, 5) is 32.9. The molecule has 1 unspecified atom stereocenters. The Kier molecular flexibility index (Phi) is 3.85. The summed E-state index contributed by atoms with van der Waals surface area (Å²) < 4.78 is 10.2. The van der Waals surface area contributed by atoms with Crippen molar-refractivity contribution in [2.24, 2.45) is 0 Å². The van der Waals surface area contributed by atoms with Gasteiger partial charge < -0.3 is 9.47 Å². The van der Waals surface area contributed by atoms with Gasteiger partial charge in [0.25, 0.3) is 0 Å². The maximum atomic E-state index is 12.7. The molecule has 1 saturated heterocycles. The van der Waals surface area contributed by atoms with Crippen LogP contribution in [-0.2, 0) is 14.3 Å². The molecule has 4 rings (SSSR count). The molecule has 0 N–H and O–H groups in total. The van der Waals surface area contributed by atoms with Crippen LogP contribution in [0.1, 0.15) is 16.8 Å². The third-order valence-electron chi connectivity index (χ3n) is 4.05. The number of para-hydroxylation sites is 1. The summed E-state index contributed by atoms with van der Waals surface area (Å²) in [7, 11) is 0. The Morgan fingerprint density at radius 1 is 1.16 bits per heavy atom. The average molecular weight is 334 g/mol. The van der Waals surface area contributed by atoms with E-state index < -0.39 is 18.0 Å². The number of nitrogens with zero attached hydrogens (tertiary/aromatic N) is 2. The number of rotatable bonds is 3. The van der Waals surface area contributed by atoms with Crippen molar-refractivity contribution in [2.45, 2.75) is 12.5 Å². The van der Waals surface area contributed by atoms with Crippen LogP contribution < -0.4 is 0 Å². The topological polar surface area (TPSA) is 78.4 Å². The van der Waals surface area contributed by atoms with Gasteiger partial charge in [-0.05, 0) is 24.3 Å². The van der Waals surface area contributed by atoms with Gasteiger partial charge in [-0.15, -0.1) is 0 Å². The number of ether oxygens (including phenoxy) is 2. The number of aromatic nitrogens is 2. The molecule has 1 aliphatic heterocycles. The van der Waals surface area contributed by atoms with E-state index >= 15 is 0 Å². The van der Waals surface area contributed by atoms with Crippen LogP contribution in [0.25, 0.3) is 22.2 Å². The molecule has 6 nitrogen and oxygen atoms in total. The van der Waals surface area contributed by atoms with Gasteiger partial charge in [-0.3, -0.25) is 4.98 Å². The maximum absolute atomic E-state index is 12.7. The fourth-order valence-corrected chi connectivity index (χ4v) is 2.79. The lowest BCUT2D eigenvalue weighted by atomic mass is 10.0. The van der Waals surface area contributed by atoms with Crippen LogP contribution in [0, 0.1) is 0 Å². The Bertz CT molecular complexity index is 956. The molecule has 0 saturated carbocycles. The van der Waals surface area contributed by atoms with Crippen LogP contribution in [0.4, 0.5) is 0 Å². The van der Waals surface area contributed by atoms with Crippen LogP contribution in [0.5, 0.6) is 0 Å². The molecule has 0 aliphatic carbocycles. The van der Waals surface area contributed by atoms with Gasteiger partial charge in [-0.1, -0.05) is 18.2 Å². The number of fused-ring (bicyclic) bond motifs is 1. The van der Waals surface area contributed by atoms with Crippen molar-refractivity contribution in [1.29, 1.82) is 0 Å². The normalized spacial score (nSPS) is 16.6. The number of benzene rings is 1. The van der Waals surface area contributed by atoms with Gasteiger partial charge >= 0.3 is 11.9 Å². The summed E-state index contributed by atoms with van der Waals surface area (Å²) in [5, 5.41) is 0.677. The lowest BCUT2D eigenvalue weighted by molar-refractivity contribution is -0.145. The largest absolute Gasteiger partial charge is 0.463 e. The van der Waals surface area contributed by atoms with Crippen LogP contribution in [0.15, 0.2) is 54.9 Å². The Labute approximate surface area is 143 Å². The molecule has 1 fully saturated rings. The van der Waals surface area contributed by atoms with Gasteiger partial charge in [-0.2, -0.15) is 0 Å². The van der Waals surface area contributed by atoms with Crippen LogP contribution in [0.3, 0.4) is 0 Å². The van der Waals surface area contributed by atoms with E-state index in [0.29, 0.717) is 28.6 Å². The number of hydrogen-bond donors (Lipinski definition) is 0. The zero-order valence-electron chi connectivity index (χ0n) is 13.2. The van der Waals surface area contributed by atoms with Crippen LogP contribution >= 0.6 is 0 Å². The first kappa shape index (κ1) is 15.3. The Balaban J connectivity index is 1.78. The number of pyridine rings is 2. The number of hydrogen-bond acceptors (Lipinski definition) is 6. The second-order valence-electron chi connectivity index (χ2n) is 5.66. The highest BCUT2D eigenvalue weighted by atomic mass is 16.6. The van der Waals surface area contributed by atoms with Gasteiger partial charge in [0.05, 0.1) is 23.4 Å². The lowest BCUT2D eigenvalue weighted by Crippen LogP contribution is -2.23. The molecule has 2 aromatic heterocycles. The molecule has 0 radical (unpaired) electrons. The Hall–Kier alpha value is -3.28. The summed E-state index contributed by atoms with van der Waals surface area (Å²) in [6.07, 6.45) is 2.87. The van der Waals surface area contributed by atoms with E-state index in [0.717, 1.165) is 5.56 Å². The van der Waals surface area contributed by atoms with Crippen molar-refractivity contribution < 1.29 is 19.1 Å². The number of carbonyl (C=O) groups is 2. The minimum absolute atomic E-state index is 0.274. The molecule has 3 aromatic rings. The highest BCUT2D eigenvalue weighted by molar-refractivity contribution is 6.05. The molecule has 124 valence electrons. The predicted octanol–water partition coefficient (Wildman–Crippen LogP) is 2.77. The predicted molar refractivity (Wildman–Crippen MR) is 89.8 cm³/mol. The first-order chi connectivity index (χ1) is 12.2. The summed E-state index contributed by atoms with van der Waals surface area (Å²) >= 11 is 0. The molecular formula is C19H14N2O4. The number of carbonyl (C=O) groups excluding carboxylic acids is 2. The Morgan fingerprint density at radius 3 is 2.72 bits per heavy atom. The second-order valence-corrected chi connectivity index (χ2v) is 5.66. The van der Waals surface area contributed by atoms with E-state index in [-0.39, 0.29) is 6.61 Å². The van der Waals surface area contributed by atoms with Crippen molar-refractivity contribution >= 4 is 22.8 Å². The zero-order chi connectivity index (χ0) is 17.2. The third-order valence-corrected chi connectivity index (χ3v) is 4.05. The van der Waals surface area contributed by atoms with Crippen molar-refractivity contribution in [3.05, 3.63) is 60.4 Å². The highest BCUT2D eigenvalue weighted by Gasteiger charge is 2.31. The van der Waals surface area contributed by atoms with Crippen molar-refractivity contribution in [1.82, 2.24) is 9.97 Å². The summed E-state index contributed by atoms with van der Waals surface area (Å²) in [6, 6.07) is 12.6. The molecule has 0 spiro atoms. The Morgan fingerprint density at radius 2 is 1.96 bits per heavy atom. The first-order valence-electron chi connectivity index (χ1n) is 7.90. The van der Waals surface area contributed by atoms with Gasteiger partial charge in [-0.25, -0.2) is 14.6 Å². The smallest absolute Gasteiger partial charge is 0.347 e. The second kappa shape index (κ2) is 6.32. The molecule has 0 bridgehead atoms. The number of cyclic esters (lactones) is 1. The lowest BCUT2D eigenvalue weighted by Gasteiger charge is -2.12. The first-order valence-corrected chi connectivity index (χ1v) is 7.90. The maximum Gasteiger partial charge on any atom is 0.347 e. The van der Waals surface area contributed by atoms with E-state index in [1.165, 1.54) is 0 Å². The summed E-state index contributed by atoms with van der Waals surface area (Å²) in [5.41, 5.74) is 2.53. The zero-order valence-corrected chi connectivity index (χ0v) is 13.2.